The van der Waals surface area contributed by atoms with Crippen LogP contribution in [-0.2, 0) is 19.4 Å². The topological polar surface area (TPSA) is 74.3 Å². The Morgan fingerprint density at radius 2 is 1.79 bits per heavy atom. The quantitative estimate of drug-likeness (QED) is 0.530. The van der Waals surface area contributed by atoms with Crippen molar-refractivity contribution in [2.24, 2.45) is 0 Å². The number of anilines is 2. The van der Waals surface area contributed by atoms with Crippen molar-refractivity contribution in [3.63, 3.8) is 0 Å². The van der Waals surface area contributed by atoms with Crippen molar-refractivity contribution in [1.82, 2.24) is 20.6 Å². The summed E-state index contributed by atoms with van der Waals surface area (Å²) in [7, 11) is 5.84. The molecule has 2 aromatic rings. The van der Waals surface area contributed by atoms with Crippen LogP contribution in [0, 0.1) is 0 Å². The number of hydrogen-bond donors (Lipinski definition) is 3. The maximum atomic E-state index is 5.54. The first-order valence-corrected chi connectivity index (χ1v) is 12.4. The fraction of sp³-hybridized carbons (Fsp3) is 0.560. The molecule has 2 aliphatic carbocycles. The van der Waals surface area contributed by atoms with Crippen molar-refractivity contribution >= 4 is 29.1 Å². The number of nitrogens with one attached hydrogen (secondary N) is 3. The first kappa shape index (κ1) is 23.5. The molecule has 0 aliphatic heterocycles. The molecule has 7 nitrogen and oxygen atoms in total. The van der Waals surface area contributed by atoms with Gasteiger partial charge in [-0.1, -0.05) is 18.2 Å². The van der Waals surface area contributed by atoms with Gasteiger partial charge in [-0.05, 0) is 69.7 Å². The zero-order valence-corrected chi connectivity index (χ0v) is 20.8. The summed E-state index contributed by atoms with van der Waals surface area (Å²) in [6, 6.07) is 8.79. The fourth-order valence-corrected chi connectivity index (χ4v) is 5.07. The van der Waals surface area contributed by atoms with Crippen LogP contribution in [0.4, 0.5) is 11.8 Å². The van der Waals surface area contributed by atoms with Gasteiger partial charge in [0.1, 0.15) is 11.6 Å². The molecule has 0 radical (unpaired) electrons. The lowest BCUT2D eigenvalue weighted by molar-refractivity contribution is 0.385. The smallest absolute Gasteiger partial charge is 0.225 e. The summed E-state index contributed by atoms with van der Waals surface area (Å²) in [6.45, 7) is 0.649. The Hall–Kier alpha value is -2.61. The standard InChI is InChI=1S/C25H36N6OS/c1-31(2)23-20-9-5-6-10-21(20)29-24(30-23)27-18-12-14-19(15-13-18)28-25(33)26-16-17-8-4-7-11-22(17)32-3/h4,7-8,11,18-19H,5-6,9-10,12-16H2,1-3H3,(H2,26,28,33)(H,27,29,30)/t18-,19+. The Kier molecular flexibility index (Phi) is 7.85. The van der Waals surface area contributed by atoms with E-state index in [1.54, 1.807) is 7.11 Å². The molecule has 1 saturated carbocycles. The predicted molar refractivity (Wildman–Crippen MR) is 138 cm³/mol. The summed E-state index contributed by atoms with van der Waals surface area (Å²) in [5.74, 6) is 2.73. The number of fused-ring (bicyclic) bond motifs is 1. The van der Waals surface area contributed by atoms with Crippen molar-refractivity contribution in [3.8, 4) is 5.75 Å². The second kappa shape index (κ2) is 11.0. The second-order valence-corrected chi connectivity index (χ2v) is 9.64. The summed E-state index contributed by atoms with van der Waals surface area (Å²) >= 11 is 5.54. The van der Waals surface area contributed by atoms with Gasteiger partial charge in [0.2, 0.25) is 5.95 Å². The van der Waals surface area contributed by atoms with E-state index >= 15 is 0 Å². The molecule has 1 fully saturated rings. The molecule has 8 heteroatoms. The van der Waals surface area contributed by atoms with Gasteiger partial charge in [-0.2, -0.15) is 4.98 Å². The Morgan fingerprint density at radius 1 is 1.06 bits per heavy atom. The highest BCUT2D eigenvalue weighted by Crippen LogP contribution is 2.29. The summed E-state index contributed by atoms with van der Waals surface area (Å²) in [5, 5.41) is 11.1. The summed E-state index contributed by atoms with van der Waals surface area (Å²) in [5.41, 5.74) is 3.65. The minimum Gasteiger partial charge on any atom is -0.496 e. The molecule has 0 atom stereocenters. The number of methoxy groups -OCH3 is 1. The molecule has 178 valence electrons. The maximum Gasteiger partial charge on any atom is 0.225 e. The third-order valence-electron chi connectivity index (χ3n) is 6.61. The normalized spacial score (nSPS) is 19.8. The van der Waals surface area contributed by atoms with Crippen LogP contribution in [0.3, 0.4) is 0 Å². The van der Waals surface area contributed by atoms with Crippen LogP contribution >= 0.6 is 12.2 Å². The van der Waals surface area contributed by atoms with Gasteiger partial charge in [-0.15, -0.1) is 0 Å². The van der Waals surface area contributed by atoms with E-state index in [0.717, 1.165) is 61.6 Å². The van der Waals surface area contributed by atoms with Gasteiger partial charge in [-0.25, -0.2) is 4.98 Å². The molecule has 3 N–H and O–H groups in total. The molecule has 0 spiro atoms. The number of benzene rings is 1. The van der Waals surface area contributed by atoms with E-state index < -0.39 is 0 Å². The van der Waals surface area contributed by atoms with Crippen molar-refractivity contribution in [3.05, 3.63) is 41.1 Å². The molecule has 0 amide bonds. The average Bonchev–Trinajstić information content (AvgIpc) is 2.83. The molecule has 0 bridgehead atoms. The van der Waals surface area contributed by atoms with E-state index in [-0.39, 0.29) is 0 Å². The van der Waals surface area contributed by atoms with E-state index in [0.29, 0.717) is 23.7 Å². The Bertz CT molecular complexity index is 958. The minimum absolute atomic E-state index is 0.391. The number of rotatable bonds is 7. The summed E-state index contributed by atoms with van der Waals surface area (Å²) in [4.78, 5) is 11.9. The molecule has 2 aliphatic rings. The van der Waals surface area contributed by atoms with Crippen LogP contribution in [0.2, 0.25) is 0 Å². The molecule has 0 unspecified atom stereocenters. The Balaban J connectivity index is 1.26. The van der Waals surface area contributed by atoms with E-state index in [1.807, 2.05) is 18.2 Å². The lowest BCUT2D eigenvalue weighted by Gasteiger charge is -2.31. The van der Waals surface area contributed by atoms with E-state index in [2.05, 4.69) is 41.0 Å². The lowest BCUT2D eigenvalue weighted by atomic mass is 9.91. The second-order valence-electron chi connectivity index (χ2n) is 9.23. The highest BCUT2D eigenvalue weighted by atomic mass is 32.1. The largest absolute Gasteiger partial charge is 0.496 e. The van der Waals surface area contributed by atoms with Gasteiger partial charge in [0.15, 0.2) is 5.11 Å². The van der Waals surface area contributed by atoms with Crippen LogP contribution < -0.4 is 25.6 Å². The van der Waals surface area contributed by atoms with Gasteiger partial charge >= 0.3 is 0 Å². The maximum absolute atomic E-state index is 5.54. The summed E-state index contributed by atoms with van der Waals surface area (Å²) < 4.78 is 5.42. The van der Waals surface area contributed by atoms with E-state index in [9.17, 15) is 0 Å². The predicted octanol–water partition coefficient (Wildman–Crippen LogP) is 3.82. The van der Waals surface area contributed by atoms with Crippen LogP contribution in [0.25, 0.3) is 0 Å². The first-order chi connectivity index (χ1) is 16.0. The molecule has 0 saturated heterocycles. The fourth-order valence-electron chi connectivity index (χ4n) is 4.83. The molecule has 1 aromatic carbocycles. The van der Waals surface area contributed by atoms with Crippen molar-refractivity contribution in [2.75, 3.05) is 31.4 Å². The van der Waals surface area contributed by atoms with Crippen LogP contribution in [-0.4, -0.2) is 48.4 Å². The molecule has 1 aromatic heterocycles. The molecular weight excluding hydrogens is 432 g/mol. The molecular formula is C25H36N6OS. The zero-order valence-electron chi connectivity index (χ0n) is 20.0. The monoisotopic (exact) mass is 468 g/mol. The van der Waals surface area contributed by atoms with Gasteiger partial charge in [0.25, 0.3) is 0 Å². The van der Waals surface area contributed by atoms with Crippen LogP contribution in [0.1, 0.15) is 55.3 Å². The van der Waals surface area contributed by atoms with E-state index in [4.69, 9.17) is 26.9 Å². The summed E-state index contributed by atoms with van der Waals surface area (Å²) in [6.07, 6.45) is 8.89. The third kappa shape index (κ3) is 6.05. The lowest BCUT2D eigenvalue weighted by Crippen LogP contribution is -2.44. The Labute approximate surface area is 202 Å². The van der Waals surface area contributed by atoms with Gasteiger partial charge in [0.05, 0.1) is 12.8 Å². The number of hydrogen-bond acceptors (Lipinski definition) is 6. The van der Waals surface area contributed by atoms with Crippen LogP contribution in [0.15, 0.2) is 24.3 Å². The average molecular weight is 469 g/mol. The van der Waals surface area contributed by atoms with Crippen molar-refractivity contribution < 1.29 is 4.74 Å². The zero-order chi connectivity index (χ0) is 23.2. The number of thiocarbonyl (C=S) groups is 1. The van der Waals surface area contributed by atoms with Gasteiger partial charge < -0.3 is 25.6 Å². The number of aromatic nitrogens is 2. The number of para-hydroxylation sites is 1. The molecule has 4 rings (SSSR count). The third-order valence-corrected chi connectivity index (χ3v) is 6.87. The highest BCUT2D eigenvalue weighted by Gasteiger charge is 2.24. The van der Waals surface area contributed by atoms with Crippen molar-refractivity contribution in [1.29, 1.82) is 0 Å². The van der Waals surface area contributed by atoms with Crippen LogP contribution in [0.5, 0.6) is 5.75 Å². The number of nitrogens with zero attached hydrogens (tertiary/aromatic N) is 3. The van der Waals surface area contributed by atoms with Gasteiger partial charge in [-0.3, -0.25) is 0 Å². The molecule has 33 heavy (non-hydrogen) atoms. The SMILES string of the molecule is COc1ccccc1CNC(=S)N[C@H]1CC[C@@H](Nc2nc3c(c(N(C)C)n2)CCCC3)CC1. The number of aryl methyl sites for hydroxylation is 1. The Morgan fingerprint density at radius 3 is 2.55 bits per heavy atom. The first-order valence-electron chi connectivity index (χ1n) is 12.0. The van der Waals surface area contributed by atoms with E-state index in [1.165, 1.54) is 24.1 Å². The van der Waals surface area contributed by atoms with Gasteiger partial charge in [0, 0.05) is 43.9 Å². The minimum atomic E-state index is 0.391. The molecule has 1 heterocycles. The number of ether oxygens (including phenoxy) is 1. The van der Waals surface area contributed by atoms with Crippen molar-refractivity contribution in [2.45, 2.75) is 70.0 Å². The highest BCUT2D eigenvalue weighted by molar-refractivity contribution is 7.80.